The fraction of sp³-hybridized carbons (Fsp3) is 0.381. The molecule has 2 aromatic carbocycles. The summed E-state index contributed by atoms with van der Waals surface area (Å²) in [5, 5.41) is 21.4. The summed E-state index contributed by atoms with van der Waals surface area (Å²) in [4.78, 5) is 13.8. The second-order valence-electron chi connectivity index (χ2n) is 6.91. The Morgan fingerprint density at radius 2 is 1.69 bits per heavy atom. The van der Waals surface area contributed by atoms with Crippen molar-refractivity contribution in [3.63, 3.8) is 0 Å². The van der Waals surface area contributed by atoms with E-state index in [9.17, 15) is 15.0 Å². The summed E-state index contributed by atoms with van der Waals surface area (Å²) in [6.07, 6.45) is 1.91. The van der Waals surface area contributed by atoms with Gasteiger partial charge in [0.2, 0.25) is 0 Å². The van der Waals surface area contributed by atoms with E-state index < -0.39 is 17.6 Å². The smallest absolute Gasteiger partial charge is 0.325 e. The Hall–Kier alpha value is -1.88. The van der Waals surface area contributed by atoms with Crippen molar-refractivity contribution in [2.75, 3.05) is 13.1 Å². The number of piperidine rings is 1. The van der Waals surface area contributed by atoms with E-state index in [0.717, 1.165) is 17.5 Å². The van der Waals surface area contributed by atoms with Crippen LogP contribution in [0.5, 0.6) is 0 Å². The van der Waals surface area contributed by atoms with Gasteiger partial charge in [-0.3, -0.25) is 9.69 Å². The number of halogens is 1. The maximum absolute atomic E-state index is 11.9. The molecule has 0 bridgehead atoms. The molecule has 0 aliphatic carbocycles. The quantitative estimate of drug-likeness (QED) is 0.831. The van der Waals surface area contributed by atoms with Crippen molar-refractivity contribution in [2.24, 2.45) is 0 Å². The highest BCUT2D eigenvalue weighted by atomic mass is 35.5. The zero-order valence-electron chi connectivity index (χ0n) is 14.9. The number of rotatable bonds is 5. The molecule has 1 saturated heterocycles. The minimum Gasteiger partial charge on any atom is -0.480 e. The average molecular weight is 374 g/mol. The van der Waals surface area contributed by atoms with Crippen molar-refractivity contribution < 1.29 is 15.0 Å². The van der Waals surface area contributed by atoms with E-state index in [1.54, 1.807) is 12.1 Å². The Morgan fingerprint density at radius 1 is 1.12 bits per heavy atom. The number of nitrogens with zero attached hydrogens (tertiary/aromatic N) is 1. The molecule has 1 unspecified atom stereocenters. The van der Waals surface area contributed by atoms with Crippen molar-refractivity contribution in [3.05, 3.63) is 70.2 Å². The van der Waals surface area contributed by atoms with E-state index in [0.29, 0.717) is 31.0 Å². The first-order chi connectivity index (χ1) is 12.4. The van der Waals surface area contributed by atoms with Crippen molar-refractivity contribution >= 4 is 17.6 Å². The molecule has 26 heavy (non-hydrogen) atoms. The Labute approximate surface area is 159 Å². The Balaban J connectivity index is 1.75. The van der Waals surface area contributed by atoms with Gasteiger partial charge in [-0.05, 0) is 48.1 Å². The third kappa shape index (κ3) is 3.93. The molecule has 0 amide bonds. The van der Waals surface area contributed by atoms with Gasteiger partial charge in [-0.2, -0.15) is 0 Å². The van der Waals surface area contributed by atoms with Crippen LogP contribution in [0.15, 0.2) is 48.5 Å². The maximum Gasteiger partial charge on any atom is 0.325 e. The van der Waals surface area contributed by atoms with Gasteiger partial charge in [0.05, 0.1) is 5.60 Å². The molecule has 0 aromatic heterocycles. The van der Waals surface area contributed by atoms with Gasteiger partial charge >= 0.3 is 5.97 Å². The first-order valence-electron chi connectivity index (χ1n) is 8.97. The van der Waals surface area contributed by atoms with Crippen molar-refractivity contribution in [1.29, 1.82) is 0 Å². The molecule has 138 valence electrons. The van der Waals surface area contributed by atoms with Crippen molar-refractivity contribution in [2.45, 2.75) is 37.8 Å². The fourth-order valence-electron chi connectivity index (χ4n) is 3.65. The summed E-state index contributed by atoms with van der Waals surface area (Å²) < 4.78 is 0. The van der Waals surface area contributed by atoms with Crippen LogP contribution in [-0.2, 0) is 16.8 Å². The zero-order valence-corrected chi connectivity index (χ0v) is 15.6. The summed E-state index contributed by atoms with van der Waals surface area (Å²) in [5.74, 6) is -0.855. The predicted molar refractivity (Wildman–Crippen MR) is 102 cm³/mol. The lowest BCUT2D eigenvalue weighted by molar-refractivity contribution is -0.146. The molecule has 5 heteroatoms. The highest BCUT2D eigenvalue weighted by Gasteiger charge is 2.38. The Kier molecular flexibility index (Phi) is 5.66. The van der Waals surface area contributed by atoms with Gasteiger partial charge < -0.3 is 10.2 Å². The van der Waals surface area contributed by atoms with E-state index in [-0.39, 0.29) is 0 Å². The molecule has 1 fully saturated rings. The van der Waals surface area contributed by atoms with Crippen LogP contribution in [0.25, 0.3) is 0 Å². The lowest BCUT2D eigenvalue weighted by atomic mass is 9.83. The normalized spacial score (nSPS) is 18.4. The minimum atomic E-state index is -0.934. The third-order valence-corrected chi connectivity index (χ3v) is 5.56. The molecule has 1 aliphatic rings. The molecule has 2 N–H and O–H groups in total. The molecule has 1 heterocycles. The van der Waals surface area contributed by atoms with Gasteiger partial charge in [-0.15, -0.1) is 0 Å². The van der Waals surface area contributed by atoms with Crippen LogP contribution in [0, 0.1) is 0 Å². The SMILES string of the molecule is CCc1ccc(C(C(=O)O)N2CCC(O)(c3ccc(Cl)cc3)CC2)cc1. The van der Waals surface area contributed by atoms with E-state index in [1.165, 1.54) is 5.56 Å². The third-order valence-electron chi connectivity index (χ3n) is 5.31. The number of hydrogen-bond donors (Lipinski definition) is 2. The van der Waals surface area contributed by atoms with Gasteiger partial charge in [-0.25, -0.2) is 0 Å². The van der Waals surface area contributed by atoms with Crippen LogP contribution in [-0.4, -0.2) is 34.2 Å². The van der Waals surface area contributed by atoms with Gasteiger partial charge in [0.25, 0.3) is 0 Å². The lowest BCUT2D eigenvalue weighted by Gasteiger charge is -2.41. The van der Waals surface area contributed by atoms with Gasteiger partial charge in [-0.1, -0.05) is 54.9 Å². The standard InChI is InChI=1S/C21H24ClNO3/c1-2-15-3-5-16(6-4-15)19(20(24)25)23-13-11-21(26,12-14-23)17-7-9-18(22)10-8-17/h3-10,19,26H,2,11-14H2,1H3,(H,24,25). The molecule has 4 nitrogen and oxygen atoms in total. The highest BCUT2D eigenvalue weighted by Crippen LogP contribution is 2.36. The molecule has 0 saturated carbocycles. The number of likely N-dealkylation sites (tertiary alicyclic amines) is 1. The topological polar surface area (TPSA) is 60.8 Å². The van der Waals surface area contributed by atoms with E-state index in [1.807, 2.05) is 41.3 Å². The Bertz CT molecular complexity index is 750. The van der Waals surface area contributed by atoms with E-state index in [4.69, 9.17) is 11.6 Å². The number of aryl methyl sites for hydroxylation is 1. The van der Waals surface area contributed by atoms with Crippen molar-refractivity contribution in [3.8, 4) is 0 Å². The molecule has 0 spiro atoms. The second-order valence-corrected chi connectivity index (χ2v) is 7.35. The number of carboxylic acid groups (broad SMARTS) is 1. The summed E-state index contributed by atoms with van der Waals surface area (Å²) in [7, 11) is 0. The number of benzene rings is 2. The number of carbonyl (C=O) groups is 1. The van der Waals surface area contributed by atoms with Crippen LogP contribution in [0.2, 0.25) is 5.02 Å². The maximum atomic E-state index is 11.9. The summed E-state index contributed by atoms with van der Waals surface area (Å²) in [6, 6.07) is 14.3. The highest BCUT2D eigenvalue weighted by molar-refractivity contribution is 6.30. The fourth-order valence-corrected chi connectivity index (χ4v) is 3.77. The molecule has 3 rings (SSSR count). The number of aliphatic hydroxyl groups is 1. The largest absolute Gasteiger partial charge is 0.480 e. The molecule has 2 aromatic rings. The number of aliphatic carboxylic acids is 1. The molecular weight excluding hydrogens is 350 g/mol. The molecular formula is C21H24ClNO3. The summed E-state index contributed by atoms with van der Waals surface area (Å²) in [5.41, 5.74) is 1.87. The second kappa shape index (κ2) is 7.78. The van der Waals surface area contributed by atoms with Crippen LogP contribution < -0.4 is 0 Å². The van der Waals surface area contributed by atoms with Crippen LogP contribution in [0.1, 0.15) is 42.5 Å². The Morgan fingerprint density at radius 3 is 2.19 bits per heavy atom. The van der Waals surface area contributed by atoms with Crippen LogP contribution >= 0.6 is 11.6 Å². The monoisotopic (exact) mass is 373 g/mol. The molecule has 1 aliphatic heterocycles. The van der Waals surface area contributed by atoms with Gasteiger partial charge in [0.1, 0.15) is 6.04 Å². The predicted octanol–water partition coefficient (Wildman–Crippen LogP) is 4.01. The zero-order chi connectivity index (χ0) is 18.7. The summed E-state index contributed by atoms with van der Waals surface area (Å²) in [6.45, 7) is 3.11. The average Bonchev–Trinajstić information content (AvgIpc) is 2.64. The van der Waals surface area contributed by atoms with E-state index >= 15 is 0 Å². The minimum absolute atomic E-state index is 0.492. The van der Waals surface area contributed by atoms with E-state index in [2.05, 4.69) is 6.92 Å². The van der Waals surface area contributed by atoms with Crippen LogP contribution in [0.4, 0.5) is 0 Å². The lowest BCUT2D eigenvalue weighted by Crippen LogP contribution is -2.45. The van der Waals surface area contributed by atoms with Gasteiger partial charge in [0, 0.05) is 18.1 Å². The number of carboxylic acids is 1. The molecule has 0 radical (unpaired) electrons. The van der Waals surface area contributed by atoms with Gasteiger partial charge in [0.15, 0.2) is 0 Å². The molecule has 1 atom stereocenters. The number of hydrogen-bond acceptors (Lipinski definition) is 3. The first-order valence-corrected chi connectivity index (χ1v) is 9.35. The first kappa shape index (κ1) is 18.9. The van der Waals surface area contributed by atoms with Crippen molar-refractivity contribution in [1.82, 2.24) is 4.90 Å². The summed E-state index contributed by atoms with van der Waals surface area (Å²) >= 11 is 5.93. The van der Waals surface area contributed by atoms with Crippen LogP contribution in [0.3, 0.4) is 0 Å².